The maximum absolute atomic E-state index is 12.3. The monoisotopic (exact) mass is 423 g/mol. The lowest BCUT2D eigenvalue weighted by molar-refractivity contribution is 0.0600. The van der Waals surface area contributed by atoms with Crippen LogP contribution < -0.4 is 5.32 Å². The molecule has 0 spiro atoms. The Kier molecular flexibility index (Phi) is 5.59. The highest BCUT2D eigenvalue weighted by Gasteiger charge is 2.16. The number of benzene rings is 2. The van der Waals surface area contributed by atoms with Gasteiger partial charge in [-0.25, -0.2) is 4.79 Å². The molecular weight excluding hydrogens is 413 g/mol. The molecule has 1 amide bonds. The lowest BCUT2D eigenvalue weighted by atomic mass is 10.1. The number of methoxy groups -OCH3 is 1. The molecule has 0 aliphatic carbocycles. The van der Waals surface area contributed by atoms with Gasteiger partial charge < -0.3 is 9.84 Å². The summed E-state index contributed by atoms with van der Waals surface area (Å²) < 4.78 is 4.61. The van der Waals surface area contributed by atoms with E-state index in [1.807, 2.05) is 0 Å². The fourth-order valence-corrected chi connectivity index (χ4v) is 3.41. The molecule has 10 heteroatoms. The first kappa shape index (κ1) is 19.1. The summed E-state index contributed by atoms with van der Waals surface area (Å²) in [6.45, 7) is 0. The first-order chi connectivity index (χ1) is 12.9. The van der Waals surface area contributed by atoms with Crippen molar-refractivity contribution in [3.8, 4) is 16.3 Å². The van der Waals surface area contributed by atoms with Crippen molar-refractivity contribution < 1.29 is 19.4 Å². The van der Waals surface area contributed by atoms with E-state index in [9.17, 15) is 14.7 Å². The summed E-state index contributed by atoms with van der Waals surface area (Å²) in [4.78, 5) is 23.7. The van der Waals surface area contributed by atoms with Gasteiger partial charge in [0, 0.05) is 10.6 Å². The van der Waals surface area contributed by atoms with Gasteiger partial charge in [-0.05, 0) is 36.4 Å². The second-order valence-corrected chi connectivity index (χ2v) is 7.04. The van der Waals surface area contributed by atoms with Crippen LogP contribution >= 0.6 is 34.5 Å². The molecule has 138 valence electrons. The van der Waals surface area contributed by atoms with E-state index < -0.39 is 11.9 Å². The minimum Gasteiger partial charge on any atom is -0.506 e. The van der Waals surface area contributed by atoms with Crippen molar-refractivity contribution in [3.05, 3.63) is 57.6 Å². The Balaban J connectivity index is 1.78. The minimum absolute atomic E-state index is 0.0870. The van der Waals surface area contributed by atoms with Crippen LogP contribution in [0, 0.1) is 0 Å². The summed E-state index contributed by atoms with van der Waals surface area (Å²) in [7, 11) is 1.28. The molecule has 0 radical (unpaired) electrons. The van der Waals surface area contributed by atoms with Crippen molar-refractivity contribution >= 4 is 51.5 Å². The fraction of sp³-hybridized carbons (Fsp3) is 0.0588. The second kappa shape index (κ2) is 7.91. The number of carbonyl (C=O) groups excluding carboxylic acids is 2. The summed E-state index contributed by atoms with van der Waals surface area (Å²) in [5.41, 5.74) is 0.974. The van der Waals surface area contributed by atoms with Crippen LogP contribution in [0.3, 0.4) is 0 Å². The van der Waals surface area contributed by atoms with Crippen LogP contribution in [0.15, 0.2) is 36.4 Å². The number of amides is 1. The summed E-state index contributed by atoms with van der Waals surface area (Å²) in [5, 5.41) is 21.5. The number of aromatic hydroxyl groups is 1. The van der Waals surface area contributed by atoms with Gasteiger partial charge in [0.1, 0.15) is 5.75 Å². The average molecular weight is 424 g/mol. The summed E-state index contributed by atoms with van der Waals surface area (Å²) >= 11 is 12.9. The molecule has 0 saturated carbocycles. The third-order valence-electron chi connectivity index (χ3n) is 3.47. The number of phenols is 1. The quantitative estimate of drug-likeness (QED) is 0.607. The van der Waals surface area contributed by atoms with E-state index in [2.05, 4.69) is 20.3 Å². The van der Waals surface area contributed by atoms with Crippen LogP contribution in [-0.2, 0) is 4.74 Å². The number of anilines is 1. The molecule has 0 unspecified atom stereocenters. The Labute approximate surface area is 167 Å². The molecule has 0 fully saturated rings. The number of nitrogens with zero attached hydrogens (tertiary/aromatic N) is 2. The first-order valence-electron chi connectivity index (χ1n) is 7.40. The Morgan fingerprint density at radius 3 is 2.44 bits per heavy atom. The summed E-state index contributed by atoms with van der Waals surface area (Å²) in [6, 6.07) is 8.86. The molecule has 3 rings (SSSR count). The minimum atomic E-state index is -0.490. The van der Waals surface area contributed by atoms with Crippen molar-refractivity contribution in [2.75, 3.05) is 12.4 Å². The maximum Gasteiger partial charge on any atom is 0.337 e. The molecule has 1 aromatic heterocycles. The number of esters is 1. The molecule has 2 aromatic carbocycles. The SMILES string of the molecule is COC(=O)c1ccc(C(=O)Nc2nnc(-c3cc(Cl)cc(Cl)c3O)s2)cc1. The van der Waals surface area contributed by atoms with Crippen molar-refractivity contribution in [1.29, 1.82) is 0 Å². The van der Waals surface area contributed by atoms with E-state index in [1.54, 1.807) is 0 Å². The van der Waals surface area contributed by atoms with E-state index in [-0.39, 0.29) is 15.9 Å². The van der Waals surface area contributed by atoms with Gasteiger partial charge in [-0.1, -0.05) is 34.5 Å². The van der Waals surface area contributed by atoms with E-state index in [0.29, 0.717) is 26.7 Å². The van der Waals surface area contributed by atoms with Gasteiger partial charge in [-0.15, -0.1) is 10.2 Å². The van der Waals surface area contributed by atoms with Gasteiger partial charge in [-0.2, -0.15) is 0 Å². The highest BCUT2D eigenvalue weighted by Crippen LogP contribution is 2.39. The van der Waals surface area contributed by atoms with Crippen molar-refractivity contribution in [3.63, 3.8) is 0 Å². The Morgan fingerprint density at radius 2 is 1.78 bits per heavy atom. The number of aromatic nitrogens is 2. The zero-order valence-corrected chi connectivity index (χ0v) is 16.0. The number of hydrogen-bond donors (Lipinski definition) is 2. The molecule has 0 aliphatic rings. The van der Waals surface area contributed by atoms with Gasteiger partial charge >= 0.3 is 5.97 Å². The number of halogens is 2. The zero-order valence-electron chi connectivity index (χ0n) is 13.7. The summed E-state index contributed by atoms with van der Waals surface area (Å²) in [6.07, 6.45) is 0. The molecule has 7 nitrogen and oxygen atoms in total. The average Bonchev–Trinajstić information content (AvgIpc) is 3.12. The van der Waals surface area contributed by atoms with Crippen LogP contribution in [-0.4, -0.2) is 34.3 Å². The van der Waals surface area contributed by atoms with Crippen LogP contribution in [0.5, 0.6) is 5.75 Å². The number of rotatable bonds is 4. The third kappa shape index (κ3) is 4.19. The van der Waals surface area contributed by atoms with Gasteiger partial charge in [0.2, 0.25) is 5.13 Å². The van der Waals surface area contributed by atoms with E-state index in [4.69, 9.17) is 23.2 Å². The number of nitrogens with one attached hydrogen (secondary N) is 1. The largest absolute Gasteiger partial charge is 0.506 e. The van der Waals surface area contributed by atoms with Gasteiger partial charge in [-0.3, -0.25) is 10.1 Å². The maximum atomic E-state index is 12.3. The van der Waals surface area contributed by atoms with Gasteiger partial charge in [0.05, 0.1) is 23.3 Å². The standard InChI is InChI=1S/C17H11Cl2N3O4S/c1-26-16(25)9-4-2-8(3-5-9)14(24)20-17-22-21-15(27-17)11-6-10(18)7-12(19)13(11)23/h2-7,23H,1H3,(H,20,22,24). The second-order valence-electron chi connectivity index (χ2n) is 5.22. The van der Waals surface area contributed by atoms with Crippen LogP contribution in [0.2, 0.25) is 10.0 Å². The predicted molar refractivity (Wildman–Crippen MR) is 103 cm³/mol. The number of phenolic OH excluding ortho intramolecular Hbond substituents is 1. The van der Waals surface area contributed by atoms with E-state index in [0.717, 1.165) is 11.3 Å². The molecule has 0 atom stereocenters. The van der Waals surface area contributed by atoms with Crippen molar-refractivity contribution in [1.82, 2.24) is 10.2 Å². The van der Waals surface area contributed by atoms with E-state index in [1.165, 1.54) is 43.5 Å². The number of hydrogen-bond acceptors (Lipinski definition) is 7. The van der Waals surface area contributed by atoms with Crippen molar-refractivity contribution in [2.24, 2.45) is 0 Å². The highest BCUT2D eigenvalue weighted by atomic mass is 35.5. The van der Waals surface area contributed by atoms with Gasteiger partial charge in [0.25, 0.3) is 5.91 Å². The summed E-state index contributed by atoms with van der Waals surface area (Å²) in [5.74, 6) is -1.09. The molecule has 0 bridgehead atoms. The fourth-order valence-electron chi connectivity index (χ4n) is 2.16. The smallest absolute Gasteiger partial charge is 0.337 e. The molecule has 2 N–H and O–H groups in total. The first-order valence-corrected chi connectivity index (χ1v) is 8.98. The van der Waals surface area contributed by atoms with Crippen molar-refractivity contribution in [2.45, 2.75) is 0 Å². The van der Waals surface area contributed by atoms with Crippen LogP contribution in [0.25, 0.3) is 10.6 Å². The van der Waals surface area contributed by atoms with Crippen LogP contribution in [0.4, 0.5) is 5.13 Å². The normalized spacial score (nSPS) is 10.5. The number of ether oxygens (including phenoxy) is 1. The van der Waals surface area contributed by atoms with Crippen LogP contribution in [0.1, 0.15) is 20.7 Å². The highest BCUT2D eigenvalue weighted by molar-refractivity contribution is 7.18. The van der Waals surface area contributed by atoms with Gasteiger partial charge in [0.15, 0.2) is 5.01 Å². The Bertz CT molecular complexity index is 1020. The topological polar surface area (TPSA) is 101 Å². The lowest BCUT2D eigenvalue weighted by Gasteiger charge is -2.04. The third-order valence-corrected chi connectivity index (χ3v) is 4.85. The molecular formula is C17H11Cl2N3O4S. The number of carbonyl (C=O) groups is 2. The Morgan fingerprint density at radius 1 is 1.11 bits per heavy atom. The predicted octanol–water partition coefficient (Wildman–Crippen LogP) is 4.26. The Hall–Kier alpha value is -2.68. The molecule has 3 aromatic rings. The zero-order chi connectivity index (χ0) is 19.6. The molecule has 27 heavy (non-hydrogen) atoms. The molecule has 0 saturated heterocycles. The molecule has 0 aliphatic heterocycles. The molecule has 1 heterocycles. The van der Waals surface area contributed by atoms with E-state index >= 15 is 0 Å². The lowest BCUT2D eigenvalue weighted by Crippen LogP contribution is -2.12.